The molecule has 1 aromatic carbocycles. The van der Waals surface area contributed by atoms with Crippen LogP contribution in [0, 0.1) is 0 Å². The Morgan fingerprint density at radius 1 is 1.16 bits per heavy atom. The summed E-state index contributed by atoms with van der Waals surface area (Å²) in [5.74, 6) is -0.647. The van der Waals surface area contributed by atoms with Crippen molar-refractivity contribution in [1.29, 1.82) is 0 Å². The molecule has 0 aliphatic carbocycles. The molecule has 31 heavy (non-hydrogen) atoms. The summed E-state index contributed by atoms with van der Waals surface area (Å²) in [7, 11) is 2.95. The predicted octanol–water partition coefficient (Wildman–Crippen LogP) is -0.611. The van der Waals surface area contributed by atoms with Crippen molar-refractivity contribution in [3.63, 3.8) is 0 Å². The Hall–Kier alpha value is -3.14. The van der Waals surface area contributed by atoms with Crippen LogP contribution < -0.4 is 15.4 Å². The topological polar surface area (TPSA) is 117 Å². The summed E-state index contributed by atoms with van der Waals surface area (Å²) in [6, 6.07) is 5.15. The summed E-state index contributed by atoms with van der Waals surface area (Å²) in [5, 5.41) is 5.46. The van der Waals surface area contributed by atoms with Crippen LogP contribution in [0.5, 0.6) is 5.75 Å². The first-order chi connectivity index (χ1) is 14.9. The molecule has 2 saturated heterocycles. The minimum absolute atomic E-state index is 0.0283. The van der Waals surface area contributed by atoms with Crippen molar-refractivity contribution in [2.24, 2.45) is 0 Å². The van der Waals surface area contributed by atoms with Gasteiger partial charge in [0.25, 0.3) is 5.91 Å². The standard InChI is InChI=1S/C21H28N4O6/c1-30-13-18(26)25-11-10-24(21(29)14-5-7-15(31-2)8-6-14)12-17(25)20(28)23-16-4-3-9-22-19(16)27/h5-8,16-17H,3-4,9-13H2,1-2H3,(H,22,27)(H,23,28)/t16-,17-/m0/s1. The van der Waals surface area contributed by atoms with Crippen LogP contribution in [0.4, 0.5) is 0 Å². The highest BCUT2D eigenvalue weighted by atomic mass is 16.5. The second-order valence-corrected chi connectivity index (χ2v) is 7.51. The summed E-state index contributed by atoms with van der Waals surface area (Å²) in [6.07, 6.45) is 1.29. The van der Waals surface area contributed by atoms with Gasteiger partial charge in [0, 0.05) is 32.3 Å². The lowest BCUT2D eigenvalue weighted by molar-refractivity contribution is -0.146. The fraction of sp³-hybridized carbons (Fsp3) is 0.524. The number of carbonyl (C=O) groups excluding carboxylic acids is 4. The van der Waals surface area contributed by atoms with Crippen molar-refractivity contribution in [2.45, 2.75) is 24.9 Å². The summed E-state index contributed by atoms with van der Waals surface area (Å²) >= 11 is 0. The lowest BCUT2D eigenvalue weighted by atomic mass is 10.0. The number of carbonyl (C=O) groups is 4. The molecule has 4 amide bonds. The first-order valence-electron chi connectivity index (χ1n) is 10.2. The zero-order valence-corrected chi connectivity index (χ0v) is 17.8. The molecule has 3 rings (SSSR count). The third kappa shape index (κ3) is 5.32. The Balaban J connectivity index is 1.75. The van der Waals surface area contributed by atoms with E-state index in [-0.39, 0.29) is 44.0 Å². The van der Waals surface area contributed by atoms with E-state index in [1.807, 2.05) is 0 Å². The van der Waals surface area contributed by atoms with Gasteiger partial charge >= 0.3 is 0 Å². The van der Waals surface area contributed by atoms with Gasteiger partial charge in [-0.15, -0.1) is 0 Å². The molecular weight excluding hydrogens is 404 g/mol. The normalized spacial score (nSPS) is 21.3. The Kier molecular flexibility index (Phi) is 7.45. The number of hydrogen-bond donors (Lipinski definition) is 2. The fourth-order valence-electron chi connectivity index (χ4n) is 3.79. The van der Waals surface area contributed by atoms with E-state index in [2.05, 4.69) is 10.6 Å². The monoisotopic (exact) mass is 432 g/mol. The largest absolute Gasteiger partial charge is 0.497 e. The van der Waals surface area contributed by atoms with Crippen LogP contribution in [0.25, 0.3) is 0 Å². The van der Waals surface area contributed by atoms with E-state index in [9.17, 15) is 19.2 Å². The van der Waals surface area contributed by atoms with Gasteiger partial charge in [-0.1, -0.05) is 0 Å². The molecule has 0 spiro atoms. The maximum Gasteiger partial charge on any atom is 0.254 e. The molecule has 0 bridgehead atoms. The molecule has 2 atom stereocenters. The Morgan fingerprint density at radius 2 is 1.90 bits per heavy atom. The van der Waals surface area contributed by atoms with Gasteiger partial charge in [0.15, 0.2) is 0 Å². The van der Waals surface area contributed by atoms with Crippen molar-refractivity contribution in [3.8, 4) is 5.75 Å². The predicted molar refractivity (Wildman–Crippen MR) is 110 cm³/mol. The SMILES string of the molecule is COCC(=O)N1CCN(C(=O)c2ccc(OC)cc2)C[C@H]1C(=O)N[C@H]1CCCNC1=O. The molecule has 2 fully saturated rings. The lowest BCUT2D eigenvalue weighted by Crippen LogP contribution is -2.64. The van der Waals surface area contributed by atoms with Gasteiger partial charge in [-0.25, -0.2) is 0 Å². The number of hydrogen-bond acceptors (Lipinski definition) is 6. The van der Waals surface area contributed by atoms with E-state index in [1.165, 1.54) is 12.0 Å². The van der Waals surface area contributed by atoms with Gasteiger partial charge in [0.1, 0.15) is 24.4 Å². The molecule has 2 N–H and O–H groups in total. The number of benzene rings is 1. The summed E-state index contributed by atoms with van der Waals surface area (Å²) in [6.45, 7) is 0.922. The number of piperazine rings is 1. The molecule has 168 valence electrons. The molecule has 2 heterocycles. The van der Waals surface area contributed by atoms with Crippen LogP contribution in [0.3, 0.4) is 0 Å². The molecule has 2 aliphatic rings. The third-order valence-corrected chi connectivity index (χ3v) is 5.50. The Bertz CT molecular complexity index is 828. The molecule has 0 aromatic heterocycles. The van der Waals surface area contributed by atoms with Gasteiger partial charge in [-0.2, -0.15) is 0 Å². The average Bonchev–Trinajstić information content (AvgIpc) is 2.80. The first-order valence-corrected chi connectivity index (χ1v) is 10.2. The van der Waals surface area contributed by atoms with Crippen LogP contribution in [0.1, 0.15) is 23.2 Å². The summed E-state index contributed by atoms with van der Waals surface area (Å²) in [4.78, 5) is 53.5. The van der Waals surface area contributed by atoms with Crippen LogP contribution >= 0.6 is 0 Å². The second kappa shape index (κ2) is 10.3. The molecule has 0 unspecified atom stereocenters. The molecule has 1 aromatic rings. The molecule has 10 nitrogen and oxygen atoms in total. The van der Waals surface area contributed by atoms with Crippen molar-refractivity contribution < 1.29 is 28.7 Å². The zero-order chi connectivity index (χ0) is 22.4. The van der Waals surface area contributed by atoms with Crippen molar-refractivity contribution in [1.82, 2.24) is 20.4 Å². The highest BCUT2D eigenvalue weighted by Gasteiger charge is 2.38. The number of nitrogens with zero attached hydrogens (tertiary/aromatic N) is 2. The smallest absolute Gasteiger partial charge is 0.254 e. The molecule has 2 aliphatic heterocycles. The lowest BCUT2D eigenvalue weighted by Gasteiger charge is -2.41. The van der Waals surface area contributed by atoms with E-state index < -0.39 is 18.0 Å². The van der Waals surface area contributed by atoms with E-state index >= 15 is 0 Å². The minimum Gasteiger partial charge on any atom is -0.497 e. The van der Waals surface area contributed by atoms with E-state index in [0.29, 0.717) is 24.3 Å². The van der Waals surface area contributed by atoms with Crippen molar-refractivity contribution in [2.75, 3.05) is 47.0 Å². The third-order valence-electron chi connectivity index (χ3n) is 5.50. The zero-order valence-electron chi connectivity index (χ0n) is 17.8. The Labute approximate surface area is 180 Å². The van der Waals surface area contributed by atoms with Gasteiger partial charge < -0.3 is 29.9 Å². The molecule has 10 heteroatoms. The summed E-state index contributed by atoms with van der Waals surface area (Å²) in [5.41, 5.74) is 0.461. The molecule has 0 saturated carbocycles. The van der Waals surface area contributed by atoms with Gasteiger partial charge in [0.05, 0.1) is 13.7 Å². The fourth-order valence-corrected chi connectivity index (χ4v) is 3.79. The van der Waals surface area contributed by atoms with Crippen LogP contribution in [0.15, 0.2) is 24.3 Å². The summed E-state index contributed by atoms with van der Waals surface area (Å²) < 4.78 is 10.1. The maximum atomic E-state index is 13.0. The number of rotatable bonds is 6. The van der Waals surface area contributed by atoms with Gasteiger partial charge in [-0.3, -0.25) is 19.2 Å². The first kappa shape index (κ1) is 22.5. The Morgan fingerprint density at radius 3 is 2.55 bits per heavy atom. The van der Waals surface area contributed by atoms with Gasteiger partial charge in [-0.05, 0) is 37.1 Å². The highest BCUT2D eigenvalue weighted by Crippen LogP contribution is 2.17. The average molecular weight is 432 g/mol. The maximum absolute atomic E-state index is 13.0. The number of nitrogens with one attached hydrogen (secondary N) is 2. The van der Waals surface area contributed by atoms with Gasteiger partial charge in [0.2, 0.25) is 17.7 Å². The molecule has 0 radical (unpaired) electrons. The van der Waals surface area contributed by atoms with Crippen LogP contribution in [-0.2, 0) is 19.1 Å². The van der Waals surface area contributed by atoms with Crippen molar-refractivity contribution >= 4 is 23.6 Å². The number of ether oxygens (including phenoxy) is 2. The van der Waals surface area contributed by atoms with E-state index in [1.54, 1.807) is 36.3 Å². The van der Waals surface area contributed by atoms with E-state index in [0.717, 1.165) is 6.42 Å². The minimum atomic E-state index is -0.909. The quantitative estimate of drug-likeness (QED) is 0.619. The highest BCUT2D eigenvalue weighted by molar-refractivity contribution is 5.96. The van der Waals surface area contributed by atoms with E-state index in [4.69, 9.17) is 9.47 Å². The van der Waals surface area contributed by atoms with Crippen molar-refractivity contribution in [3.05, 3.63) is 29.8 Å². The van der Waals surface area contributed by atoms with Crippen LogP contribution in [-0.4, -0.2) is 92.5 Å². The number of piperidine rings is 1. The second-order valence-electron chi connectivity index (χ2n) is 7.51. The van der Waals surface area contributed by atoms with Crippen LogP contribution in [0.2, 0.25) is 0 Å². The number of amides is 4. The molecular formula is C21H28N4O6. The number of methoxy groups -OCH3 is 2.